The van der Waals surface area contributed by atoms with Gasteiger partial charge in [-0.3, -0.25) is 0 Å². The molecule has 0 aliphatic heterocycles. The quantitative estimate of drug-likeness (QED) is 0.370. The minimum absolute atomic E-state index is 0.204. The monoisotopic (exact) mass is 123 g/mol. The number of anilines is 1. The minimum atomic E-state index is -0.204. The Morgan fingerprint density at radius 2 is 2.11 bits per heavy atom. The minimum Gasteiger partial charge on any atom is -0.399 e. The van der Waals surface area contributed by atoms with Crippen LogP contribution in [0.2, 0.25) is 0 Å². The third kappa shape index (κ3) is 1.22. The SMILES string of the molecule is Bc1cc(N)ccc1F. The van der Waals surface area contributed by atoms with Gasteiger partial charge in [-0.1, -0.05) is 5.46 Å². The van der Waals surface area contributed by atoms with Gasteiger partial charge in [0.2, 0.25) is 0 Å². The molecule has 0 amide bonds. The van der Waals surface area contributed by atoms with E-state index in [2.05, 4.69) is 0 Å². The first kappa shape index (κ1) is 6.14. The van der Waals surface area contributed by atoms with E-state index in [-0.39, 0.29) is 5.82 Å². The van der Waals surface area contributed by atoms with Crippen molar-refractivity contribution in [3.05, 3.63) is 24.0 Å². The lowest BCUT2D eigenvalue weighted by Crippen LogP contribution is -2.08. The summed E-state index contributed by atoms with van der Waals surface area (Å²) in [4.78, 5) is 0. The molecule has 0 aromatic heterocycles. The maximum Gasteiger partial charge on any atom is 0.143 e. The van der Waals surface area contributed by atoms with E-state index >= 15 is 0 Å². The van der Waals surface area contributed by atoms with Gasteiger partial charge < -0.3 is 5.73 Å². The number of hydrogen-bond acceptors (Lipinski definition) is 1. The van der Waals surface area contributed by atoms with Gasteiger partial charge in [0.15, 0.2) is 0 Å². The lowest BCUT2D eigenvalue weighted by Gasteiger charge is -1.95. The van der Waals surface area contributed by atoms with Gasteiger partial charge >= 0.3 is 0 Å². The molecule has 0 saturated heterocycles. The van der Waals surface area contributed by atoms with Crippen LogP contribution in [0.3, 0.4) is 0 Å². The van der Waals surface area contributed by atoms with Crippen LogP contribution in [0.4, 0.5) is 10.1 Å². The number of nitrogens with two attached hydrogens (primary N) is 1. The molecule has 0 aliphatic rings. The Kier molecular flexibility index (Phi) is 1.43. The first-order valence-corrected chi connectivity index (χ1v) is 2.72. The molecule has 0 bridgehead atoms. The van der Waals surface area contributed by atoms with Gasteiger partial charge in [0.05, 0.1) is 0 Å². The van der Waals surface area contributed by atoms with Gasteiger partial charge in [0.1, 0.15) is 13.7 Å². The second-order valence-corrected chi connectivity index (χ2v) is 2.01. The standard InChI is InChI=1S/C6H7BFN/c7-5-3-4(9)1-2-6(5)8/h1-3H,7,9H2. The number of benzene rings is 1. The molecule has 1 aromatic carbocycles. The summed E-state index contributed by atoms with van der Waals surface area (Å²) in [5.74, 6) is -0.204. The summed E-state index contributed by atoms with van der Waals surface area (Å²) in [5, 5.41) is 0. The summed E-state index contributed by atoms with van der Waals surface area (Å²) >= 11 is 0. The molecule has 0 fully saturated rings. The van der Waals surface area contributed by atoms with Crippen molar-refractivity contribution in [3.8, 4) is 0 Å². The maximum absolute atomic E-state index is 12.4. The van der Waals surface area contributed by atoms with E-state index in [4.69, 9.17) is 5.73 Å². The van der Waals surface area contributed by atoms with Crippen LogP contribution in [0.5, 0.6) is 0 Å². The first-order chi connectivity index (χ1) is 4.20. The van der Waals surface area contributed by atoms with Crippen LogP contribution in [0.25, 0.3) is 0 Å². The highest BCUT2D eigenvalue weighted by Crippen LogP contribution is 1.99. The number of rotatable bonds is 0. The largest absolute Gasteiger partial charge is 0.399 e. The molecule has 2 N–H and O–H groups in total. The van der Waals surface area contributed by atoms with Crippen molar-refractivity contribution < 1.29 is 4.39 Å². The Labute approximate surface area is 54.1 Å². The second kappa shape index (κ2) is 2.09. The van der Waals surface area contributed by atoms with E-state index in [1.54, 1.807) is 20.0 Å². The zero-order chi connectivity index (χ0) is 6.85. The van der Waals surface area contributed by atoms with Crippen molar-refractivity contribution in [2.45, 2.75) is 0 Å². The molecule has 1 aromatic rings. The molecular weight excluding hydrogens is 116 g/mol. The number of nitrogen functional groups attached to an aromatic ring is 1. The van der Waals surface area contributed by atoms with Crippen LogP contribution in [0, 0.1) is 5.82 Å². The molecule has 0 saturated carbocycles. The maximum atomic E-state index is 12.4. The van der Waals surface area contributed by atoms with Crippen LogP contribution >= 0.6 is 0 Å². The lowest BCUT2D eigenvalue weighted by molar-refractivity contribution is 0.636. The van der Waals surface area contributed by atoms with Gasteiger partial charge in [0.25, 0.3) is 0 Å². The van der Waals surface area contributed by atoms with Gasteiger partial charge in [-0.15, -0.1) is 0 Å². The normalized spacial score (nSPS) is 9.44. The Hall–Kier alpha value is -0.985. The molecule has 46 valence electrons. The first-order valence-electron chi connectivity index (χ1n) is 2.72. The third-order valence-electron chi connectivity index (χ3n) is 1.18. The third-order valence-corrected chi connectivity index (χ3v) is 1.18. The Bertz CT molecular complexity index is 224. The van der Waals surface area contributed by atoms with Crippen molar-refractivity contribution >= 4 is 19.0 Å². The average molecular weight is 123 g/mol. The van der Waals surface area contributed by atoms with E-state index < -0.39 is 0 Å². The summed E-state index contributed by atoms with van der Waals surface area (Å²) in [5.41, 5.74) is 6.56. The molecule has 1 rings (SSSR count). The summed E-state index contributed by atoms with van der Waals surface area (Å²) in [6, 6.07) is 4.52. The zero-order valence-electron chi connectivity index (χ0n) is 5.19. The van der Waals surface area contributed by atoms with Crippen molar-refractivity contribution in [3.63, 3.8) is 0 Å². The number of halogens is 1. The molecule has 0 aliphatic carbocycles. The van der Waals surface area contributed by atoms with Crippen LogP contribution < -0.4 is 11.2 Å². The molecule has 9 heavy (non-hydrogen) atoms. The van der Waals surface area contributed by atoms with Gasteiger partial charge in [-0.05, 0) is 18.2 Å². The molecule has 1 nitrogen and oxygen atoms in total. The molecule has 0 heterocycles. The molecule has 0 radical (unpaired) electrons. The van der Waals surface area contributed by atoms with Crippen LogP contribution in [-0.4, -0.2) is 7.85 Å². The second-order valence-electron chi connectivity index (χ2n) is 2.01. The van der Waals surface area contributed by atoms with E-state index in [0.717, 1.165) is 0 Å². The van der Waals surface area contributed by atoms with Crippen LogP contribution in [-0.2, 0) is 0 Å². The molecule has 0 atom stereocenters. The summed E-state index contributed by atoms with van der Waals surface area (Å²) in [6.07, 6.45) is 0. The highest BCUT2D eigenvalue weighted by atomic mass is 19.1. The predicted octanol–water partition coefficient (Wildman–Crippen LogP) is -0.334. The van der Waals surface area contributed by atoms with Crippen LogP contribution in [0.15, 0.2) is 18.2 Å². The molecule has 3 heteroatoms. The highest BCUT2D eigenvalue weighted by molar-refractivity contribution is 6.32. The van der Waals surface area contributed by atoms with Crippen LogP contribution in [0.1, 0.15) is 0 Å². The van der Waals surface area contributed by atoms with E-state index in [1.165, 1.54) is 6.07 Å². The van der Waals surface area contributed by atoms with E-state index in [0.29, 0.717) is 11.2 Å². The van der Waals surface area contributed by atoms with Gasteiger partial charge in [-0.25, -0.2) is 4.39 Å². The Morgan fingerprint density at radius 1 is 1.44 bits per heavy atom. The topological polar surface area (TPSA) is 26.0 Å². The fourth-order valence-corrected chi connectivity index (χ4v) is 0.668. The fraction of sp³-hybridized carbons (Fsp3) is 0. The van der Waals surface area contributed by atoms with Crippen molar-refractivity contribution in [2.75, 3.05) is 5.73 Å². The number of hydrogen-bond donors (Lipinski definition) is 1. The average Bonchev–Trinajstić information content (AvgIpc) is 1.80. The van der Waals surface area contributed by atoms with E-state index in [9.17, 15) is 4.39 Å². The highest BCUT2D eigenvalue weighted by Gasteiger charge is 1.93. The Morgan fingerprint density at radius 3 is 2.56 bits per heavy atom. The molecule has 0 spiro atoms. The van der Waals surface area contributed by atoms with Gasteiger partial charge in [0, 0.05) is 5.69 Å². The van der Waals surface area contributed by atoms with Crippen molar-refractivity contribution in [1.82, 2.24) is 0 Å². The Balaban J connectivity index is 3.17. The molecular formula is C6H7BFN. The van der Waals surface area contributed by atoms with Crippen molar-refractivity contribution in [1.29, 1.82) is 0 Å². The summed E-state index contributed by atoms with van der Waals surface area (Å²) in [7, 11) is 1.69. The van der Waals surface area contributed by atoms with E-state index in [1.807, 2.05) is 0 Å². The van der Waals surface area contributed by atoms with Gasteiger partial charge in [-0.2, -0.15) is 0 Å². The summed E-state index contributed by atoms with van der Waals surface area (Å²) < 4.78 is 12.4. The zero-order valence-corrected chi connectivity index (χ0v) is 5.19. The smallest absolute Gasteiger partial charge is 0.143 e. The lowest BCUT2D eigenvalue weighted by atomic mass is 9.95. The van der Waals surface area contributed by atoms with Crippen molar-refractivity contribution in [2.24, 2.45) is 0 Å². The fourth-order valence-electron chi connectivity index (χ4n) is 0.668. The predicted molar refractivity (Wildman–Crippen MR) is 39.0 cm³/mol. The summed E-state index contributed by atoms with van der Waals surface area (Å²) in [6.45, 7) is 0. The molecule has 0 unspecified atom stereocenters.